The zero-order valence-electron chi connectivity index (χ0n) is 11.9. The lowest BCUT2D eigenvalue weighted by Crippen LogP contribution is -2.62. The van der Waals surface area contributed by atoms with E-state index in [1.54, 1.807) is 0 Å². The van der Waals surface area contributed by atoms with Crippen molar-refractivity contribution in [1.29, 1.82) is 0 Å². The van der Waals surface area contributed by atoms with Crippen molar-refractivity contribution in [1.82, 2.24) is 5.32 Å². The zero-order chi connectivity index (χ0) is 14.9. The van der Waals surface area contributed by atoms with E-state index in [1.807, 2.05) is 6.92 Å². The number of ether oxygens (including phenoxy) is 1. The summed E-state index contributed by atoms with van der Waals surface area (Å²) in [6.07, 6.45) is 0.993. The lowest BCUT2D eigenvalue weighted by Gasteiger charge is -2.51. The van der Waals surface area contributed by atoms with Gasteiger partial charge in [-0.15, -0.1) is 0 Å². The molecule has 0 radical (unpaired) electrons. The molecule has 1 fully saturated rings. The molecule has 1 aromatic carbocycles. The Bertz CT molecular complexity index is 519. The van der Waals surface area contributed by atoms with Crippen LogP contribution in [0.15, 0.2) is 22.7 Å². The van der Waals surface area contributed by atoms with E-state index in [1.165, 1.54) is 18.2 Å². The van der Waals surface area contributed by atoms with Crippen LogP contribution < -0.4 is 5.32 Å². The van der Waals surface area contributed by atoms with Gasteiger partial charge in [0.05, 0.1) is 10.6 Å². The van der Waals surface area contributed by atoms with Gasteiger partial charge in [0.15, 0.2) is 0 Å². The van der Waals surface area contributed by atoms with Crippen LogP contribution in [-0.4, -0.2) is 24.7 Å². The molecule has 1 saturated carbocycles. The number of carbonyl (C=O) groups is 1. The van der Waals surface area contributed by atoms with Crippen LogP contribution in [0.5, 0.6) is 0 Å². The molecule has 1 N–H and O–H groups in total. The summed E-state index contributed by atoms with van der Waals surface area (Å²) in [5.74, 6) is -0.555. The molecule has 1 aliphatic rings. The maximum Gasteiger partial charge on any atom is 0.251 e. The fourth-order valence-corrected chi connectivity index (χ4v) is 2.87. The van der Waals surface area contributed by atoms with Crippen LogP contribution in [0.3, 0.4) is 0 Å². The molecule has 2 rings (SSSR count). The predicted octanol–water partition coefficient (Wildman–Crippen LogP) is 3.52. The van der Waals surface area contributed by atoms with Crippen LogP contribution in [0.4, 0.5) is 4.39 Å². The first-order chi connectivity index (χ1) is 9.36. The highest BCUT2D eigenvalue weighted by molar-refractivity contribution is 9.10. The molecule has 0 aliphatic heterocycles. The quantitative estimate of drug-likeness (QED) is 0.908. The van der Waals surface area contributed by atoms with Gasteiger partial charge in [0.2, 0.25) is 0 Å². The number of halogens is 2. The Kier molecular flexibility index (Phi) is 4.49. The van der Waals surface area contributed by atoms with Gasteiger partial charge >= 0.3 is 0 Å². The fraction of sp³-hybridized carbons (Fsp3) is 0.533. The molecule has 1 amide bonds. The summed E-state index contributed by atoms with van der Waals surface area (Å²) in [5.41, 5.74) is 0.372. The lowest BCUT2D eigenvalue weighted by atomic mass is 9.64. The van der Waals surface area contributed by atoms with Crippen LogP contribution in [0.2, 0.25) is 0 Å². The van der Waals surface area contributed by atoms with Crippen molar-refractivity contribution in [3.8, 4) is 0 Å². The minimum atomic E-state index is -0.373. The van der Waals surface area contributed by atoms with E-state index < -0.39 is 0 Å². The van der Waals surface area contributed by atoms with Crippen LogP contribution in [0.1, 0.15) is 37.6 Å². The highest BCUT2D eigenvalue weighted by atomic mass is 79.9. The van der Waals surface area contributed by atoms with E-state index in [4.69, 9.17) is 4.74 Å². The summed E-state index contributed by atoms with van der Waals surface area (Å²) in [6.45, 7) is 6.82. The number of hydrogen-bond acceptors (Lipinski definition) is 2. The number of nitrogens with one attached hydrogen (secondary N) is 1. The van der Waals surface area contributed by atoms with Gasteiger partial charge in [0.1, 0.15) is 5.82 Å². The second-order valence-corrected chi connectivity index (χ2v) is 6.51. The summed E-state index contributed by atoms with van der Waals surface area (Å²) < 4.78 is 19.1. The molecule has 0 bridgehead atoms. The van der Waals surface area contributed by atoms with E-state index in [-0.39, 0.29) is 29.3 Å². The van der Waals surface area contributed by atoms with E-state index in [0.717, 1.165) is 6.42 Å². The van der Waals surface area contributed by atoms with Crippen LogP contribution in [-0.2, 0) is 4.74 Å². The molecule has 0 saturated heterocycles. The van der Waals surface area contributed by atoms with Crippen molar-refractivity contribution in [3.05, 3.63) is 34.1 Å². The fourth-order valence-electron chi connectivity index (χ4n) is 2.49. The molecule has 1 aliphatic carbocycles. The van der Waals surface area contributed by atoms with Gasteiger partial charge in [0, 0.05) is 23.6 Å². The Balaban J connectivity index is 2.01. The lowest BCUT2D eigenvalue weighted by molar-refractivity contribution is -0.111. The van der Waals surface area contributed by atoms with Gasteiger partial charge in [-0.05, 0) is 47.5 Å². The highest BCUT2D eigenvalue weighted by Gasteiger charge is 2.49. The van der Waals surface area contributed by atoms with Gasteiger partial charge in [-0.25, -0.2) is 4.39 Å². The normalized spacial score (nSPS) is 24.1. The van der Waals surface area contributed by atoms with Gasteiger partial charge < -0.3 is 10.1 Å². The summed E-state index contributed by atoms with van der Waals surface area (Å²) in [6, 6.07) is 4.35. The van der Waals surface area contributed by atoms with Gasteiger partial charge in [0.25, 0.3) is 5.91 Å². The van der Waals surface area contributed by atoms with Crippen molar-refractivity contribution in [2.75, 3.05) is 6.61 Å². The summed E-state index contributed by atoms with van der Waals surface area (Å²) in [4.78, 5) is 12.2. The molecule has 3 nitrogen and oxygen atoms in total. The van der Waals surface area contributed by atoms with Gasteiger partial charge in [-0.1, -0.05) is 13.8 Å². The third-order valence-corrected chi connectivity index (χ3v) is 4.64. The molecule has 2 unspecified atom stereocenters. The molecule has 1 aromatic rings. The van der Waals surface area contributed by atoms with Gasteiger partial charge in [-0.3, -0.25) is 4.79 Å². The maximum absolute atomic E-state index is 13.2. The Hall–Kier alpha value is -0.940. The number of amides is 1. The number of carbonyl (C=O) groups excluding carboxylic acids is 1. The molecule has 20 heavy (non-hydrogen) atoms. The van der Waals surface area contributed by atoms with Crippen molar-refractivity contribution >= 4 is 21.8 Å². The number of rotatable bonds is 4. The molecule has 0 heterocycles. The standard InChI is InChI=1S/C15H19BrFNO2/c1-4-20-13-8-12(15(13,2)3)18-14(19)9-5-6-11(17)10(16)7-9/h5-7,12-13H,4,8H2,1-3H3,(H,18,19). The van der Waals surface area contributed by atoms with Gasteiger partial charge in [-0.2, -0.15) is 0 Å². The smallest absolute Gasteiger partial charge is 0.251 e. The highest BCUT2D eigenvalue weighted by Crippen LogP contribution is 2.42. The molecule has 0 aromatic heterocycles. The molecule has 0 spiro atoms. The third-order valence-electron chi connectivity index (χ3n) is 4.03. The average Bonchev–Trinajstić information content (AvgIpc) is 2.40. The first-order valence-electron chi connectivity index (χ1n) is 6.73. The Morgan fingerprint density at radius 3 is 2.80 bits per heavy atom. The minimum Gasteiger partial charge on any atom is -0.378 e. The van der Waals surface area contributed by atoms with Crippen LogP contribution in [0.25, 0.3) is 0 Å². The second kappa shape index (κ2) is 5.82. The summed E-state index contributed by atoms with van der Waals surface area (Å²) in [5, 5.41) is 3.00. The van der Waals surface area contributed by atoms with Crippen LogP contribution in [0, 0.1) is 11.2 Å². The van der Waals surface area contributed by atoms with Crippen molar-refractivity contribution in [3.63, 3.8) is 0 Å². The van der Waals surface area contributed by atoms with Crippen LogP contribution >= 0.6 is 15.9 Å². The third kappa shape index (κ3) is 2.88. The van der Waals surface area contributed by atoms with E-state index in [0.29, 0.717) is 16.6 Å². The first kappa shape index (κ1) is 15.4. The Morgan fingerprint density at radius 2 is 2.25 bits per heavy atom. The average molecular weight is 344 g/mol. The predicted molar refractivity (Wildman–Crippen MR) is 79.2 cm³/mol. The minimum absolute atomic E-state index is 0.0791. The molecule has 110 valence electrons. The number of benzene rings is 1. The molecular formula is C15H19BrFNO2. The van der Waals surface area contributed by atoms with E-state index in [2.05, 4.69) is 35.1 Å². The Morgan fingerprint density at radius 1 is 1.55 bits per heavy atom. The SMILES string of the molecule is CCOC1CC(NC(=O)c2ccc(F)c(Br)c2)C1(C)C. The summed E-state index contributed by atoms with van der Waals surface area (Å²) in [7, 11) is 0. The zero-order valence-corrected chi connectivity index (χ0v) is 13.5. The van der Waals surface area contributed by atoms with E-state index in [9.17, 15) is 9.18 Å². The summed E-state index contributed by atoms with van der Waals surface area (Å²) >= 11 is 3.09. The Labute approximate surface area is 127 Å². The van der Waals surface area contributed by atoms with Crippen molar-refractivity contribution in [2.45, 2.75) is 39.3 Å². The van der Waals surface area contributed by atoms with E-state index >= 15 is 0 Å². The second-order valence-electron chi connectivity index (χ2n) is 5.66. The molecule has 2 atom stereocenters. The topological polar surface area (TPSA) is 38.3 Å². The monoisotopic (exact) mass is 343 g/mol. The molecular weight excluding hydrogens is 325 g/mol. The largest absolute Gasteiger partial charge is 0.378 e. The van der Waals surface area contributed by atoms with Crippen molar-refractivity contribution in [2.24, 2.45) is 5.41 Å². The first-order valence-corrected chi connectivity index (χ1v) is 7.53. The molecule has 5 heteroatoms. The number of hydrogen-bond donors (Lipinski definition) is 1. The maximum atomic E-state index is 13.2. The van der Waals surface area contributed by atoms with Crippen molar-refractivity contribution < 1.29 is 13.9 Å².